The molecular formula is C33H42N2O7. The van der Waals surface area contributed by atoms with Crippen molar-refractivity contribution in [3.8, 4) is 17.2 Å². The zero-order chi connectivity index (χ0) is 30.4. The summed E-state index contributed by atoms with van der Waals surface area (Å²) in [5.41, 5.74) is 1.02. The molecule has 4 rings (SSSR count). The highest BCUT2D eigenvalue weighted by Gasteiger charge is 2.44. The molecule has 0 fully saturated rings. The molecule has 1 aliphatic heterocycles. The van der Waals surface area contributed by atoms with Gasteiger partial charge in [0.2, 0.25) is 5.78 Å². The number of carbonyl (C=O) groups is 2. The molecule has 9 heteroatoms. The SMILES string of the molecule is CCOc1cc(C2C(C(=O)c3cc4cccc(OC)c4o3)=C(O)C(=O)N2CCN(CC)CC)ccc1OCCC(C)C. The first kappa shape index (κ1) is 31.0. The van der Waals surface area contributed by atoms with E-state index in [-0.39, 0.29) is 11.3 Å². The van der Waals surface area contributed by atoms with Crippen LogP contribution in [0, 0.1) is 5.92 Å². The Bertz CT molecular complexity index is 1440. The number of benzene rings is 2. The zero-order valence-electron chi connectivity index (χ0n) is 25.4. The number of fused-ring (bicyclic) bond motifs is 1. The number of amides is 1. The van der Waals surface area contributed by atoms with E-state index in [9.17, 15) is 14.7 Å². The molecule has 0 saturated heterocycles. The Balaban J connectivity index is 1.77. The topological polar surface area (TPSA) is 102 Å². The van der Waals surface area contributed by atoms with Crippen LogP contribution in [0.5, 0.6) is 17.2 Å². The molecule has 0 bridgehead atoms. The van der Waals surface area contributed by atoms with Gasteiger partial charge < -0.3 is 33.5 Å². The summed E-state index contributed by atoms with van der Waals surface area (Å²) in [6.45, 7) is 13.7. The van der Waals surface area contributed by atoms with Crippen molar-refractivity contribution < 1.29 is 33.3 Å². The monoisotopic (exact) mass is 578 g/mol. The summed E-state index contributed by atoms with van der Waals surface area (Å²) in [6, 6.07) is 11.5. The molecule has 1 aromatic heterocycles. The molecule has 1 amide bonds. The van der Waals surface area contributed by atoms with Crippen molar-refractivity contribution in [2.45, 2.75) is 47.1 Å². The normalized spacial score (nSPS) is 15.4. The number of methoxy groups -OCH3 is 1. The van der Waals surface area contributed by atoms with E-state index >= 15 is 0 Å². The first-order chi connectivity index (χ1) is 20.2. The second-order valence-corrected chi connectivity index (χ2v) is 10.7. The molecule has 0 spiro atoms. The number of para-hydroxylation sites is 1. The van der Waals surface area contributed by atoms with Crippen LogP contribution in [0.4, 0.5) is 0 Å². The molecule has 1 aliphatic rings. The van der Waals surface area contributed by atoms with E-state index in [1.54, 1.807) is 35.2 Å². The lowest BCUT2D eigenvalue weighted by atomic mass is 9.94. The molecule has 1 N–H and O–H groups in total. The van der Waals surface area contributed by atoms with Gasteiger partial charge in [-0.25, -0.2) is 0 Å². The number of ketones is 1. The highest BCUT2D eigenvalue weighted by molar-refractivity contribution is 6.16. The van der Waals surface area contributed by atoms with Crippen LogP contribution in [0.3, 0.4) is 0 Å². The molecule has 3 aromatic rings. The number of likely N-dealkylation sites (N-methyl/N-ethyl adjacent to an activating group) is 1. The summed E-state index contributed by atoms with van der Waals surface area (Å²) < 4.78 is 23.3. The van der Waals surface area contributed by atoms with Crippen molar-refractivity contribution in [2.75, 3.05) is 46.5 Å². The molecule has 0 aliphatic carbocycles. The summed E-state index contributed by atoms with van der Waals surface area (Å²) in [4.78, 5) is 31.3. The van der Waals surface area contributed by atoms with E-state index in [0.29, 0.717) is 66.0 Å². The fraction of sp³-hybridized carbons (Fsp3) is 0.455. The Hall–Kier alpha value is -3.98. The van der Waals surface area contributed by atoms with E-state index < -0.39 is 23.5 Å². The molecule has 0 radical (unpaired) electrons. The van der Waals surface area contributed by atoms with E-state index in [4.69, 9.17) is 18.6 Å². The van der Waals surface area contributed by atoms with E-state index in [2.05, 4.69) is 32.6 Å². The minimum atomic E-state index is -0.848. The van der Waals surface area contributed by atoms with Gasteiger partial charge >= 0.3 is 0 Å². The van der Waals surface area contributed by atoms with Gasteiger partial charge in [-0.15, -0.1) is 0 Å². The number of ether oxygens (including phenoxy) is 3. The van der Waals surface area contributed by atoms with Gasteiger partial charge in [0.05, 0.1) is 31.9 Å². The molecule has 1 atom stereocenters. The van der Waals surface area contributed by atoms with E-state index in [1.165, 1.54) is 7.11 Å². The molecule has 0 saturated carbocycles. The lowest BCUT2D eigenvalue weighted by Gasteiger charge is -2.29. The number of rotatable bonds is 15. The average Bonchev–Trinajstić information content (AvgIpc) is 3.53. The summed E-state index contributed by atoms with van der Waals surface area (Å²) >= 11 is 0. The van der Waals surface area contributed by atoms with Crippen molar-refractivity contribution in [3.63, 3.8) is 0 Å². The molecule has 1 unspecified atom stereocenters. The number of nitrogens with zero attached hydrogens (tertiary/aromatic N) is 2. The smallest absolute Gasteiger partial charge is 0.290 e. The van der Waals surface area contributed by atoms with E-state index in [0.717, 1.165) is 19.5 Å². The number of Topliss-reactive ketones (excluding diaryl/α,β-unsaturated/α-hetero) is 1. The summed E-state index contributed by atoms with van der Waals surface area (Å²) in [5, 5.41) is 11.9. The number of carbonyl (C=O) groups excluding carboxylic acids is 2. The van der Waals surface area contributed by atoms with Crippen molar-refractivity contribution in [2.24, 2.45) is 5.92 Å². The van der Waals surface area contributed by atoms with Crippen LogP contribution in [0.2, 0.25) is 0 Å². The fourth-order valence-corrected chi connectivity index (χ4v) is 5.18. The van der Waals surface area contributed by atoms with Gasteiger partial charge in [-0.1, -0.05) is 45.9 Å². The van der Waals surface area contributed by atoms with Crippen LogP contribution < -0.4 is 14.2 Å². The van der Waals surface area contributed by atoms with Crippen LogP contribution in [0.25, 0.3) is 11.0 Å². The summed E-state index contributed by atoms with van der Waals surface area (Å²) in [6.07, 6.45) is 0.890. The number of aliphatic hydroxyl groups excluding tert-OH is 1. The van der Waals surface area contributed by atoms with Crippen molar-refractivity contribution in [3.05, 3.63) is 65.1 Å². The van der Waals surface area contributed by atoms with Gasteiger partial charge in [0.1, 0.15) is 0 Å². The molecule has 2 heterocycles. The molecule has 226 valence electrons. The first-order valence-corrected chi connectivity index (χ1v) is 14.7. The van der Waals surface area contributed by atoms with E-state index in [1.807, 2.05) is 19.1 Å². The number of hydrogen-bond donors (Lipinski definition) is 1. The predicted molar refractivity (Wildman–Crippen MR) is 162 cm³/mol. The lowest BCUT2D eigenvalue weighted by molar-refractivity contribution is -0.129. The summed E-state index contributed by atoms with van der Waals surface area (Å²) in [7, 11) is 1.53. The van der Waals surface area contributed by atoms with Crippen LogP contribution in [-0.4, -0.2) is 73.1 Å². The highest BCUT2D eigenvalue weighted by atomic mass is 16.5. The highest BCUT2D eigenvalue weighted by Crippen LogP contribution is 2.42. The molecule has 2 aromatic carbocycles. The fourth-order valence-electron chi connectivity index (χ4n) is 5.18. The van der Waals surface area contributed by atoms with Gasteiger partial charge in [0.15, 0.2) is 34.4 Å². The maximum absolute atomic E-state index is 14.0. The predicted octanol–water partition coefficient (Wildman–Crippen LogP) is 6.19. The number of furan rings is 1. The van der Waals surface area contributed by atoms with Gasteiger partial charge in [0.25, 0.3) is 5.91 Å². The second kappa shape index (κ2) is 13.8. The Labute approximate surface area is 247 Å². The Morgan fingerprint density at radius 1 is 1.05 bits per heavy atom. The van der Waals surface area contributed by atoms with Gasteiger partial charge in [-0.2, -0.15) is 0 Å². The van der Waals surface area contributed by atoms with Crippen LogP contribution in [0.1, 0.15) is 63.2 Å². The second-order valence-electron chi connectivity index (χ2n) is 10.7. The first-order valence-electron chi connectivity index (χ1n) is 14.7. The van der Waals surface area contributed by atoms with Gasteiger partial charge in [-0.05, 0) is 62.2 Å². The Morgan fingerprint density at radius 2 is 1.81 bits per heavy atom. The maximum atomic E-state index is 14.0. The lowest BCUT2D eigenvalue weighted by Crippen LogP contribution is -2.38. The molecule has 9 nitrogen and oxygen atoms in total. The van der Waals surface area contributed by atoms with Crippen molar-refractivity contribution in [1.29, 1.82) is 0 Å². The maximum Gasteiger partial charge on any atom is 0.290 e. The molecule has 42 heavy (non-hydrogen) atoms. The van der Waals surface area contributed by atoms with Crippen LogP contribution in [0.15, 0.2) is 58.2 Å². The minimum Gasteiger partial charge on any atom is -0.503 e. The molecular weight excluding hydrogens is 536 g/mol. The van der Waals surface area contributed by atoms with Gasteiger partial charge in [0, 0.05) is 18.5 Å². The minimum absolute atomic E-state index is 0.0121. The van der Waals surface area contributed by atoms with Gasteiger partial charge in [-0.3, -0.25) is 9.59 Å². The third-order valence-corrected chi connectivity index (χ3v) is 7.59. The van der Waals surface area contributed by atoms with Crippen molar-refractivity contribution >= 4 is 22.7 Å². The average molecular weight is 579 g/mol. The quantitative estimate of drug-likeness (QED) is 0.213. The summed E-state index contributed by atoms with van der Waals surface area (Å²) in [5.74, 6) is 0.351. The third-order valence-electron chi connectivity index (χ3n) is 7.59. The third kappa shape index (κ3) is 6.41. The largest absolute Gasteiger partial charge is 0.503 e. The zero-order valence-corrected chi connectivity index (χ0v) is 25.4. The number of hydrogen-bond acceptors (Lipinski definition) is 8. The van der Waals surface area contributed by atoms with Crippen molar-refractivity contribution in [1.82, 2.24) is 9.80 Å². The Kier molecular flexibility index (Phi) is 10.2. The van der Waals surface area contributed by atoms with Crippen LogP contribution >= 0.6 is 0 Å². The van der Waals surface area contributed by atoms with Crippen LogP contribution in [-0.2, 0) is 4.79 Å². The number of aliphatic hydroxyl groups is 1. The Morgan fingerprint density at radius 3 is 2.48 bits per heavy atom. The standard InChI is InChI=1S/C33H42N2O7/c1-7-34(8-2)16-17-35-29(22-13-14-24(26(19-22)40-9-3)41-18-15-21(4)5)28(31(37)33(35)38)30(36)27-20-23-11-10-12-25(39-6)32(23)42-27/h10-14,19-21,29,37H,7-9,15-18H2,1-6H3.